The summed E-state index contributed by atoms with van der Waals surface area (Å²) in [6, 6.07) is 15.8. The zero-order valence-electron chi connectivity index (χ0n) is 21.2. The quantitative estimate of drug-likeness (QED) is 0.347. The molecule has 4 aromatic rings. The van der Waals surface area contributed by atoms with Gasteiger partial charge in [0, 0.05) is 24.8 Å². The van der Waals surface area contributed by atoms with Gasteiger partial charge in [-0.3, -0.25) is 0 Å². The van der Waals surface area contributed by atoms with Crippen molar-refractivity contribution in [1.82, 2.24) is 24.8 Å². The number of nitrogens with zero attached hydrogens (tertiary/aromatic N) is 5. The van der Waals surface area contributed by atoms with Gasteiger partial charge in [0.25, 0.3) is 0 Å². The van der Waals surface area contributed by atoms with Gasteiger partial charge < -0.3 is 19.9 Å². The van der Waals surface area contributed by atoms with Crippen LogP contribution in [0.4, 0.5) is 16.4 Å². The number of pyridine rings is 2. The van der Waals surface area contributed by atoms with Crippen molar-refractivity contribution in [3.8, 4) is 17.3 Å². The lowest BCUT2D eigenvalue weighted by Crippen LogP contribution is -2.34. The highest BCUT2D eigenvalue weighted by Gasteiger charge is 2.25. The standard InChI is InChI=1S/C28H29N7O2/c1-28(2,3)37-27(36)31-10-11-35-17-32-23-13-20(6-7-24(23)35)22-14-21(19-4-5-19)15-26(33-22)34-25-12-18(16-29)8-9-30-25/h6-9,12-15,17,19H,4-5,10-11H2,1-3H3,(H,31,36)(H,30,33,34). The molecule has 3 heterocycles. The summed E-state index contributed by atoms with van der Waals surface area (Å²) >= 11 is 0. The van der Waals surface area contributed by atoms with Crippen molar-refractivity contribution in [2.24, 2.45) is 0 Å². The molecule has 0 radical (unpaired) electrons. The topological polar surface area (TPSA) is 118 Å². The average Bonchev–Trinajstić information content (AvgIpc) is 3.64. The average molecular weight is 496 g/mol. The number of fused-ring (bicyclic) bond motifs is 1. The molecule has 1 fully saturated rings. The van der Waals surface area contributed by atoms with Crippen LogP contribution in [-0.2, 0) is 11.3 Å². The lowest BCUT2D eigenvalue weighted by Gasteiger charge is -2.19. The van der Waals surface area contributed by atoms with Gasteiger partial charge in [0.15, 0.2) is 0 Å². The van der Waals surface area contributed by atoms with E-state index < -0.39 is 11.7 Å². The number of aromatic nitrogens is 4. The number of nitrogens with one attached hydrogen (secondary N) is 2. The van der Waals surface area contributed by atoms with Gasteiger partial charge in [0.2, 0.25) is 0 Å². The van der Waals surface area contributed by atoms with Gasteiger partial charge in [-0.05, 0) is 81.5 Å². The van der Waals surface area contributed by atoms with Crippen molar-refractivity contribution in [2.75, 3.05) is 11.9 Å². The Hall–Kier alpha value is -4.45. The Balaban J connectivity index is 1.35. The zero-order valence-corrected chi connectivity index (χ0v) is 21.2. The minimum atomic E-state index is -0.528. The third-order valence-electron chi connectivity index (χ3n) is 5.98. The molecule has 0 bridgehead atoms. The number of carbonyl (C=O) groups excluding carboxylic acids is 1. The van der Waals surface area contributed by atoms with E-state index in [1.54, 1.807) is 24.7 Å². The number of benzene rings is 1. The molecule has 5 rings (SSSR count). The molecule has 0 saturated heterocycles. The summed E-state index contributed by atoms with van der Waals surface area (Å²) in [5.41, 5.74) is 4.90. The van der Waals surface area contributed by atoms with Crippen molar-refractivity contribution >= 4 is 28.8 Å². The second kappa shape index (κ2) is 9.90. The SMILES string of the molecule is CC(C)(C)OC(=O)NCCn1cnc2cc(-c3cc(C4CC4)cc(Nc4cc(C#N)ccn4)n3)ccc21. The van der Waals surface area contributed by atoms with Crippen LogP contribution in [0.15, 0.2) is 55.0 Å². The first-order chi connectivity index (χ1) is 17.8. The summed E-state index contributed by atoms with van der Waals surface area (Å²) in [5.74, 6) is 1.82. The Bertz CT molecular complexity index is 1490. The Morgan fingerprint density at radius 2 is 1.97 bits per heavy atom. The van der Waals surface area contributed by atoms with E-state index in [1.165, 1.54) is 18.4 Å². The van der Waals surface area contributed by atoms with E-state index in [2.05, 4.69) is 38.8 Å². The van der Waals surface area contributed by atoms with Crippen LogP contribution >= 0.6 is 0 Å². The van der Waals surface area contributed by atoms with E-state index in [4.69, 9.17) is 9.72 Å². The summed E-state index contributed by atoms with van der Waals surface area (Å²) in [5, 5.41) is 15.2. The third kappa shape index (κ3) is 6.04. The third-order valence-corrected chi connectivity index (χ3v) is 5.98. The molecule has 1 aliphatic rings. The lowest BCUT2D eigenvalue weighted by molar-refractivity contribution is 0.0526. The molecule has 9 nitrogen and oxygen atoms in total. The van der Waals surface area contributed by atoms with E-state index in [1.807, 2.05) is 43.5 Å². The highest BCUT2D eigenvalue weighted by atomic mass is 16.6. The van der Waals surface area contributed by atoms with Gasteiger partial charge >= 0.3 is 6.09 Å². The van der Waals surface area contributed by atoms with Gasteiger partial charge in [0.1, 0.15) is 17.2 Å². The van der Waals surface area contributed by atoms with E-state index in [9.17, 15) is 10.1 Å². The maximum absolute atomic E-state index is 11.9. The first kappa shape index (κ1) is 24.3. The lowest BCUT2D eigenvalue weighted by atomic mass is 10.1. The van der Waals surface area contributed by atoms with Crippen LogP contribution in [0, 0.1) is 11.3 Å². The van der Waals surface area contributed by atoms with Gasteiger partial charge in [-0.25, -0.2) is 19.7 Å². The Morgan fingerprint density at radius 1 is 1.14 bits per heavy atom. The largest absolute Gasteiger partial charge is 0.444 e. The monoisotopic (exact) mass is 495 g/mol. The summed E-state index contributed by atoms with van der Waals surface area (Å²) < 4.78 is 7.30. The number of anilines is 2. The molecule has 0 spiro atoms. The molecule has 0 unspecified atom stereocenters. The van der Waals surface area contributed by atoms with Gasteiger partial charge in [-0.15, -0.1) is 0 Å². The maximum atomic E-state index is 11.9. The second-order valence-electron chi connectivity index (χ2n) is 10.2. The van der Waals surface area contributed by atoms with Crippen molar-refractivity contribution in [1.29, 1.82) is 5.26 Å². The molecule has 0 aliphatic heterocycles. The fourth-order valence-electron chi connectivity index (χ4n) is 4.11. The van der Waals surface area contributed by atoms with Crippen molar-refractivity contribution in [3.63, 3.8) is 0 Å². The van der Waals surface area contributed by atoms with Crippen LogP contribution in [0.2, 0.25) is 0 Å². The van der Waals surface area contributed by atoms with Crippen molar-refractivity contribution in [3.05, 3.63) is 66.1 Å². The summed E-state index contributed by atoms with van der Waals surface area (Å²) in [6.45, 7) is 6.52. The molecular formula is C28H29N7O2. The first-order valence-electron chi connectivity index (χ1n) is 12.3. The smallest absolute Gasteiger partial charge is 0.407 e. The molecule has 1 saturated carbocycles. The van der Waals surface area contributed by atoms with Crippen LogP contribution in [0.3, 0.4) is 0 Å². The number of nitriles is 1. The van der Waals surface area contributed by atoms with Crippen LogP contribution in [0.5, 0.6) is 0 Å². The zero-order chi connectivity index (χ0) is 26.0. The van der Waals surface area contributed by atoms with E-state index in [0.29, 0.717) is 36.2 Å². The fraction of sp³-hybridized carbons (Fsp3) is 0.321. The first-order valence-corrected chi connectivity index (χ1v) is 12.3. The number of imidazole rings is 1. The molecule has 37 heavy (non-hydrogen) atoms. The number of rotatable bonds is 7. The highest BCUT2D eigenvalue weighted by molar-refractivity contribution is 5.82. The molecular weight excluding hydrogens is 466 g/mol. The number of ether oxygens (including phenoxy) is 1. The Morgan fingerprint density at radius 3 is 2.73 bits per heavy atom. The van der Waals surface area contributed by atoms with Crippen LogP contribution < -0.4 is 10.6 Å². The second-order valence-corrected chi connectivity index (χ2v) is 10.2. The molecule has 3 aromatic heterocycles. The molecule has 9 heteroatoms. The maximum Gasteiger partial charge on any atom is 0.407 e. The number of hydrogen-bond donors (Lipinski definition) is 2. The molecule has 2 N–H and O–H groups in total. The van der Waals surface area contributed by atoms with Gasteiger partial charge in [-0.2, -0.15) is 5.26 Å². The van der Waals surface area contributed by atoms with Crippen LogP contribution in [0.25, 0.3) is 22.3 Å². The molecule has 188 valence electrons. The van der Waals surface area contributed by atoms with E-state index >= 15 is 0 Å². The van der Waals surface area contributed by atoms with E-state index in [-0.39, 0.29) is 0 Å². The Kier molecular flexibility index (Phi) is 6.49. The Labute approximate surface area is 215 Å². The summed E-state index contributed by atoms with van der Waals surface area (Å²) in [7, 11) is 0. The minimum absolute atomic E-state index is 0.431. The van der Waals surface area contributed by atoms with Crippen LogP contribution in [0.1, 0.15) is 50.7 Å². The highest BCUT2D eigenvalue weighted by Crippen LogP contribution is 2.42. The van der Waals surface area contributed by atoms with Crippen molar-refractivity contribution in [2.45, 2.75) is 51.7 Å². The number of amides is 1. The summed E-state index contributed by atoms with van der Waals surface area (Å²) in [4.78, 5) is 25.7. The molecule has 1 aliphatic carbocycles. The van der Waals surface area contributed by atoms with Gasteiger partial charge in [0.05, 0.1) is 34.7 Å². The summed E-state index contributed by atoms with van der Waals surface area (Å²) in [6.07, 6.45) is 5.30. The fourth-order valence-corrected chi connectivity index (χ4v) is 4.11. The van der Waals surface area contributed by atoms with Crippen molar-refractivity contribution < 1.29 is 9.53 Å². The predicted octanol–water partition coefficient (Wildman–Crippen LogP) is 5.51. The van der Waals surface area contributed by atoms with Gasteiger partial charge in [-0.1, -0.05) is 6.07 Å². The van der Waals surface area contributed by atoms with E-state index in [0.717, 1.165) is 22.3 Å². The minimum Gasteiger partial charge on any atom is -0.444 e. The number of carbonyl (C=O) groups is 1. The molecule has 1 aromatic carbocycles. The normalized spacial score (nSPS) is 13.2. The van der Waals surface area contributed by atoms with Crippen LogP contribution in [-0.4, -0.2) is 37.8 Å². The predicted molar refractivity (Wildman–Crippen MR) is 141 cm³/mol. The molecule has 1 amide bonds. The number of hydrogen-bond acceptors (Lipinski definition) is 7. The molecule has 0 atom stereocenters. The number of alkyl carbamates (subject to hydrolysis) is 1.